The third kappa shape index (κ3) is 1.99. The maximum Gasteiger partial charge on any atom is 0.375 e. The van der Waals surface area contributed by atoms with Crippen molar-refractivity contribution in [1.82, 2.24) is 0 Å². The lowest BCUT2D eigenvalue weighted by Gasteiger charge is -2.35. The maximum atomic E-state index is 12.9. The molecule has 0 N–H and O–H groups in total. The summed E-state index contributed by atoms with van der Waals surface area (Å²) in [6.07, 6.45) is 0. The molecule has 0 bridgehead atoms. The molecule has 0 spiro atoms. The van der Waals surface area contributed by atoms with Gasteiger partial charge in [0, 0.05) is 0 Å². The van der Waals surface area contributed by atoms with Crippen molar-refractivity contribution in [2.75, 3.05) is 0 Å². The van der Waals surface area contributed by atoms with Crippen molar-refractivity contribution in [2.24, 2.45) is 0 Å². The Kier molecular flexibility index (Phi) is 3.07. The molecule has 1 aromatic rings. The third-order valence-electron chi connectivity index (χ3n) is 3.11. The quantitative estimate of drug-likeness (QED) is 0.750. The van der Waals surface area contributed by atoms with E-state index in [1.807, 2.05) is 13.8 Å². The summed E-state index contributed by atoms with van der Waals surface area (Å²) in [6.45, 7) is 3.29. The van der Waals surface area contributed by atoms with Gasteiger partial charge in [0.15, 0.2) is 0 Å². The molecule has 2 rings (SSSR count). The second-order valence-corrected chi connectivity index (χ2v) is 4.50. The Labute approximate surface area is 106 Å². The molecule has 0 saturated carbocycles. The van der Waals surface area contributed by atoms with Crippen LogP contribution in [0.1, 0.15) is 16.7 Å². The van der Waals surface area contributed by atoms with Crippen LogP contribution >= 0.6 is 0 Å². The van der Waals surface area contributed by atoms with Crippen LogP contribution in [-0.2, 0) is 11.3 Å². The maximum absolute atomic E-state index is 12.9. The number of rotatable bonds is 3. The fourth-order valence-corrected chi connectivity index (χ4v) is 1.70. The van der Waals surface area contributed by atoms with Gasteiger partial charge in [0.25, 0.3) is 0 Å². The lowest BCUT2D eigenvalue weighted by atomic mass is 9.96. The second-order valence-electron chi connectivity index (χ2n) is 4.50. The van der Waals surface area contributed by atoms with Gasteiger partial charge in [-0.1, -0.05) is 18.2 Å². The van der Waals surface area contributed by atoms with E-state index in [0.717, 1.165) is 11.1 Å². The molecule has 19 heavy (non-hydrogen) atoms. The molecule has 104 valence electrons. The Morgan fingerprint density at radius 1 is 1.00 bits per heavy atom. The van der Waals surface area contributed by atoms with Gasteiger partial charge in [0.05, 0.1) is 0 Å². The van der Waals surface area contributed by atoms with Crippen LogP contribution in [0.25, 0.3) is 0 Å². The molecular formula is C13H11F5O. The van der Waals surface area contributed by atoms with E-state index in [9.17, 15) is 22.0 Å². The molecular weight excluding hydrogens is 267 g/mol. The second kappa shape index (κ2) is 4.21. The highest BCUT2D eigenvalue weighted by atomic mass is 19.3. The largest absolute Gasteiger partial charge is 0.484 e. The number of alkyl halides is 4. The van der Waals surface area contributed by atoms with Crippen LogP contribution in [0.15, 0.2) is 29.8 Å². The summed E-state index contributed by atoms with van der Waals surface area (Å²) in [5, 5.41) is 0. The molecule has 0 radical (unpaired) electrons. The predicted molar refractivity (Wildman–Crippen MR) is 58.7 cm³/mol. The van der Waals surface area contributed by atoms with Gasteiger partial charge in [-0.15, -0.1) is 0 Å². The highest BCUT2D eigenvalue weighted by molar-refractivity contribution is 5.36. The molecule has 1 aromatic carbocycles. The molecule has 0 saturated heterocycles. The number of benzene rings is 1. The van der Waals surface area contributed by atoms with Crippen LogP contribution in [-0.4, -0.2) is 11.8 Å². The summed E-state index contributed by atoms with van der Waals surface area (Å²) in [5.74, 6) is -13.1. The summed E-state index contributed by atoms with van der Waals surface area (Å²) in [5.41, 5.74) is 2.41. The van der Waals surface area contributed by atoms with Crippen LogP contribution in [0.2, 0.25) is 0 Å². The molecule has 1 aliphatic carbocycles. The first kappa shape index (κ1) is 13.8. The molecule has 1 aliphatic rings. The first-order valence-electron chi connectivity index (χ1n) is 5.53. The summed E-state index contributed by atoms with van der Waals surface area (Å²) < 4.78 is 68.2. The van der Waals surface area contributed by atoms with Crippen molar-refractivity contribution < 1.29 is 26.7 Å². The Balaban J connectivity index is 2.12. The van der Waals surface area contributed by atoms with Crippen molar-refractivity contribution >= 4 is 0 Å². The Morgan fingerprint density at radius 3 is 2.16 bits per heavy atom. The zero-order chi connectivity index (χ0) is 14.4. The fraction of sp³-hybridized carbons (Fsp3) is 0.385. The van der Waals surface area contributed by atoms with Crippen molar-refractivity contribution in [3.63, 3.8) is 0 Å². The topological polar surface area (TPSA) is 9.23 Å². The monoisotopic (exact) mass is 278 g/mol. The van der Waals surface area contributed by atoms with Gasteiger partial charge in [-0.25, -0.2) is 4.39 Å². The smallest absolute Gasteiger partial charge is 0.375 e. The normalized spacial score (nSPS) is 20.2. The minimum atomic E-state index is -4.76. The lowest BCUT2D eigenvalue weighted by Crippen LogP contribution is -2.53. The SMILES string of the molecule is Cc1ccc(COC2=C(F)C(F)(F)C2(F)F)cc1C. The number of hydrogen-bond acceptors (Lipinski definition) is 1. The van der Waals surface area contributed by atoms with E-state index in [1.165, 1.54) is 0 Å². The number of halogens is 5. The standard InChI is InChI=1S/C13H11F5O/c1-7-3-4-9(5-8(7)2)6-19-11-10(14)12(15,16)13(11,17)18/h3-5H,6H2,1-2H3. The van der Waals surface area contributed by atoms with E-state index >= 15 is 0 Å². The van der Waals surface area contributed by atoms with Crippen LogP contribution in [0.4, 0.5) is 22.0 Å². The van der Waals surface area contributed by atoms with Crippen molar-refractivity contribution in [3.05, 3.63) is 46.5 Å². The van der Waals surface area contributed by atoms with Crippen molar-refractivity contribution in [1.29, 1.82) is 0 Å². The third-order valence-corrected chi connectivity index (χ3v) is 3.11. The number of hydrogen-bond donors (Lipinski definition) is 0. The van der Waals surface area contributed by atoms with Gasteiger partial charge in [-0.05, 0) is 30.5 Å². The molecule has 0 atom stereocenters. The Morgan fingerprint density at radius 2 is 1.63 bits per heavy atom. The number of allylic oxidation sites excluding steroid dienone is 2. The predicted octanol–water partition coefficient (Wildman–Crippen LogP) is 4.29. The first-order chi connectivity index (χ1) is 8.68. The van der Waals surface area contributed by atoms with Gasteiger partial charge in [-0.3, -0.25) is 0 Å². The minimum absolute atomic E-state index is 0.379. The average molecular weight is 278 g/mol. The highest BCUT2D eigenvalue weighted by Gasteiger charge is 2.74. The van der Waals surface area contributed by atoms with Gasteiger partial charge >= 0.3 is 11.8 Å². The van der Waals surface area contributed by atoms with Gasteiger partial charge < -0.3 is 4.74 Å². The van der Waals surface area contributed by atoms with Crippen LogP contribution in [0.5, 0.6) is 0 Å². The fourth-order valence-electron chi connectivity index (χ4n) is 1.70. The summed E-state index contributed by atoms with van der Waals surface area (Å²) in [6, 6.07) is 5.02. The van der Waals surface area contributed by atoms with Crippen LogP contribution < -0.4 is 0 Å². The molecule has 0 fully saturated rings. The van der Waals surface area contributed by atoms with Gasteiger partial charge in [-0.2, -0.15) is 17.6 Å². The van der Waals surface area contributed by atoms with E-state index < -0.39 is 23.4 Å². The highest BCUT2D eigenvalue weighted by Crippen LogP contribution is 2.56. The molecule has 0 aliphatic heterocycles. The lowest BCUT2D eigenvalue weighted by molar-refractivity contribution is -0.233. The van der Waals surface area contributed by atoms with E-state index in [1.54, 1.807) is 18.2 Å². The summed E-state index contributed by atoms with van der Waals surface area (Å²) in [4.78, 5) is 0. The van der Waals surface area contributed by atoms with E-state index in [2.05, 4.69) is 4.74 Å². The molecule has 0 heterocycles. The van der Waals surface area contributed by atoms with Gasteiger partial charge in [0.2, 0.25) is 11.6 Å². The van der Waals surface area contributed by atoms with Crippen LogP contribution in [0, 0.1) is 13.8 Å². The Bertz CT molecular complexity index is 548. The molecule has 0 unspecified atom stereocenters. The van der Waals surface area contributed by atoms with E-state index in [0.29, 0.717) is 5.56 Å². The number of aryl methyl sites for hydroxylation is 2. The van der Waals surface area contributed by atoms with Crippen LogP contribution in [0.3, 0.4) is 0 Å². The zero-order valence-electron chi connectivity index (χ0n) is 10.2. The minimum Gasteiger partial charge on any atom is -0.484 e. The Hall–Kier alpha value is -1.59. The molecule has 0 aromatic heterocycles. The zero-order valence-corrected chi connectivity index (χ0v) is 10.2. The van der Waals surface area contributed by atoms with E-state index in [-0.39, 0.29) is 6.61 Å². The number of ether oxygens (including phenoxy) is 1. The van der Waals surface area contributed by atoms with Gasteiger partial charge in [0.1, 0.15) is 6.61 Å². The summed E-state index contributed by atoms with van der Waals surface area (Å²) >= 11 is 0. The van der Waals surface area contributed by atoms with Crippen molar-refractivity contribution in [2.45, 2.75) is 32.3 Å². The van der Waals surface area contributed by atoms with Crippen molar-refractivity contribution in [3.8, 4) is 0 Å². The van der Waals surface area contributed by atoms with E-state index in [4.69, 9.17) is 0 Å². The molecule has 0 amide bonds. The first-order valence-corrected chi connectivity index (χ1v) is 5.53. The molecule has 6 heteroatoms. The molecule has 1 nitrogen and oxygen atoms in total. The summed E-state index contributed by atoms with van der Waals surface area (Å²) in [7, 11) is 0. The average Bonchev–Trinajstić information content (AvgIpc) is 2.33.